The lowest BCUT2D eigenvalue weighted by Crippen LogP contribution is -2.22. The molecule has 2 aliphatic carbocycles. The molecule has 1 heteroatoms. The molecule has 2 saturated carbocycles. The van der Waals surface area contributed by atoms with Gasteiger partial charge in [-0.3, -0.25) is 0 Å². The number of rotatable bonds is 4. The maximum absolute atomic E-state index is 3.55. The lowest BCUT2D eigenvalue weighted by atomic mass is 9.76. The molecule has 2 fully saturated rings. The Hall–Kier alpha value is -0.820. The molecule has 0 spiro atoms. The quantitative estimate of drug-likeness (QED) is 0.826. The summed E-state index contributed by atoms with van der Waals surface area (Å²) in [5.41, 5.74) is 3.20. The molecule has 3 atom stereocenters. The fraction of sp³-hybridized carbons (Fsp3) is 0.625. The highest BCUT2D eigenvalue weighted by molar-refractivity contribution is 5.35. The van der Waals surface area contributed by atoms with E-state index in [1.54, 1.807) is 11.1 Å². The highest BCUT2D eigenvalue weighted by Gasteiger charge is 2.40. The molecule has 1 N–H and O–H groups in total. The predicted octanol–water partition coefficient (Wildman–Crippen LogP) is 3.87. The Kier molecular flexibility index (Phi) is 2.96. The van der Waals surface area contributed by atoms with Gasteiger partial charge in [-0.2, -0.15) is 0 Å². The van der Waals surface area contributed by atoms with Gasteiger partial charge in [0.1, 0.15) is 0 Å². The Balaban J connectivity index is 1.89. The highest BCUT2D eigenvalue weighted by Crippen LogP contribution is 2.49. The second-order valence-corrected chi connectivity index (χ2v) is 5.90. The predicted molar refractivity (Wildman–Crippen MR) is 72.1 cm³/mol. The summed E-state index contributed by atoms with van der Waals surface area (Å²) in [6.45, 7) is 2.38. The molecule has 0 amide bonds. The average Bonchev–Trinajstić information content (AvgIpc) is 2.97. The zero-order valence-corrected chi connectivity index (χ0v) is 10.9. The smallest absolute Gasteiger partial charge is 0.0351 e. The molecule has 0 radical (unpaired) electrons. The maximum Gasteiger partial charge on any atom is 0.0351 e. The summed E-state index contributed by atoms with van der Waals surface area (Å²) in [7, 11) is 2.12. The van der Waals surface area contributed by atoms with Gasteiger partial charge in [0, 0.05) is 6.04 Å². The van der Waals surface area contributed by atoms with Gasteiger partial charge < -0.3 is 5.32 Å². The summed E-state index contributed by atoms with van der Waals surface area (Å²) in [5.74, 6) is 2.61. The van der Waals surface area contributed by atoms with Crippen molar-refractivity contribution in [2.45, 2.75) is 44.6 Å². The molecule has 1 nitrogen and oxygen atoms in total. The van der Waals surface area contributed by atoms with Crippen LogP contribution in [0.1, 0.15) is 55.7 Å². The maximum atomic E-state index is 3.55. The fourth-order valence-electron chi connectivity index (χ4n) is 3.30. The molecule has 0 saturated heterocycles. The van der Waals surface area contributed by atoms with Gasteiger partial charge in [0.05, 0.1) is 0 Å². The lowest BCUT2D eigenvalue weighted by Gasteiger charge is -2.30. The summed E-state index contributed by atoms with van der Waals surface area (Å²) in [5, 5.41) is 3.55. The standard InChI is InChI=1S/C16H23N/c1-11-10-15(11)16(17-2)14-9-4-3-8-13(14)12-6-5-7-12/h3-4,8-9,11-12,15-17H,5-7,10H2,1-2H3. The number of benzene rings is 1. The summed E-state index contributed by atoms with van der Waals surface area (Å²) in [4.78, 5) is 0. The van der Waals surface area contributed by atoms with Crippen molar-refractivity contribution in [1.29, 1.82) is 0 Å². The van der Waals surface area contributed by atoms with Crippen molar-refractivity contribution in [3.63, 3.8) is 0 Å². The van der Waals surface area contributed by atoms with Crippen LogP contribution in [0.25, 0.3) is 0 Å². The van der Waals surface area contributed by atoms with Crippen molar-refractivity contribution in [2.75, 3.05) is 7.05 Å². The first-order valence-electron chi connectivity index (χ1n) is 7.07. The second-order valence-electron chi connectivity index (χ2n) is 5.90. The van der Waals surface area contributed by atoms with Crippen LogP contribution in [-0.2, 0) is 0 Å². The van der Waals surface area contributed by atoms with Gasteiger partial charge in [0.15, 0.2) is 0 Å². The van der Waals surface area contributed by atoms with E-state index in [1.807, 2.05) is 0 Å². The van der Waals surface area contributed by atoms with Crippen LogP contribution in [0.2, 0.25) is 0 Å². The third kappa shape index (κ3) is 2.01. The molecule has 0 heterocycles. The summed E-state index contributed by atoms with van der Waals surface area (Å²) in [6.07, 6.45) is 5.61. The van der Waals surface area contributed by atoms with Crippen molar-refractivity contribution < 1.29 is 0 Å². The fourth-order valence-corrected chi connectivity index (χ4v) is 3.30. The number of nitrogens with one attached hydrogen (secondary N) is 1. The van der Waals surface area contributed by atoms with Crippen LogP contribution >= 0.6 is 0 Å². The van der Waals surface area contributed by atoms with Crippen LogP contribution in [0.3, 0.4) is 0 Å². The largest absolute Gasteiger partial charge is 0.313 e. The van der Waals surface area contributed by atoms with E-state index in [2.05, 4.69) is 43.6 Å². The van der Waals surface area contributed by atoms with Gasteiger partial charge in [0.25, 0.3) is 0 Å². The van der Waals surface area contributed by atoms with Gasteiger partial charge in [-0.05, 0) is 55.2 Å². The Morgan fingerprint density at radius 1 is 1.24 bits per heavy atom. The van der Waals surface area contributed by atoms with Crippen LogP contribution in [0, 0.1) is 11.8 Å². The molecular weight excluding hydrogens is 206 g/mol. The first-order chi connectivity index (χ1) is 8.31. The molecule has 3 rings (SSSR count). The van der Waals surface area contributed by atoms with Crippen LogP contribution < -0.4 is 5.32 Å². The van der Waals surface area contributed by atoms with Crippen LogP contribution in [0.4, 0.5) is 0 Å². The third-order valence-electron chi connectivity index (χ3n) is 4.79. The first kappa shape index (κ1) is 11.3. The first-order valence-corrected chi connectivity index (χ1v) is 7.07. The monoisotopic (exact) mass is 229 g/mol. The summed E-state index contributed by atoms with van der Waals surface area (Å²) in [6, 6.07) is 9.70. The van der Waals surface area contributed by atoms with E-state index in [0.29, 0.717) is 6.04 Å². The zero-order chi connectivity index (χ0) is 11.8. The van der Waals surface area contributed by atoms with E-state index in [9.17, 15) is 0 Å². The molecule has 1 aromatic rings. The minimum atomic E-state index is 0.585. The third-order valence-corrected chi connectivity index (χ3v) is 4.79. The van der Waals surface area contributed by atoms with Gasteiger partial charge in [0.2, 0.25) is 0 Å². The van der Waals surface area contributed by atoms with Gasteiger partial charge in [-0.1, -0.05) is 37.6 Å². The Morgan fingerprint density at radius 2 is 1.94 bits per heavy atom. The van der Waals surface area contributed by atoms with Crippen molar-refractivity contribution in [3.05, 3.63) is 35.4 Å². The normalized spacial score (nSPS) is 29.8. The zero-order valence-electron chi connectivity index (χ0n) is 10.9. The van der Waals surface area contributed by atoms with E-state index < -0.39 is 0 Å². The molecule has 1 aromatic carbocycles. The summed E-state index contributed by atoms with van der Waals surface area (Å²) < 4.78 is 0. The Morgan fingerprint density at radius 3 is 2.47 bits per heavy atom. The minimum Gasteiger partial charge on any atom is -0.313 e. The van der Waals surface area contributed by atoms with Crippen molar-refractivity contribution >= 4 is 0 Å². The Bertz CT molecular complexity index is 394. The Labute approximate surface area is 105 Å². The van der Waals surface area contributed by atoms with Gasteiger partial charge >= 0.3 is 0 Å². The minimum absolute atomic E-state index is 0.585. The molecule has 0 aromatic heterocycles. The van der Waals surface area contributed by atoms with Crippen molar-refractivity contribution in [3.8, 4) is 0 Å². The van der Waals surface area contributed by atoms with Crippen LogP contribution in [0.5, 0.6) is 0 Å². The lowest BCUT2D eigenvalue weighted by molar-refractivity contribution is 0.407. The van der Waals surface area contributed by atoms with Crippen molar-refractivity contribution in [2.24, 2.45) is 11.8 Å². The van der Waals surface area contributed by atoms with Crippen molar-refractivity contribution in [1.82, 2.24) is 5.32 Å². The molecule has 0 aliphatic heterocycles. The topological polar surface area (TPSA) is 12.0 Å². The van der Waals surface area contributed by atoms with Gasteiger partial charge in [-0.25, -0.2) is 0 Å². The van der Waals surface area contributed by atoms with Crippen LogP contribution in [-0.4, -0.2) is 7.05 Å². The molecule has 0 bridgehead atoms. The molecule has 2 aliphatic rings. The highest BCUT2D eigenvalue weighted by atomic mass is 14.9. The molecule has 17 heavy (non-hydrogen) atoms. The van der Waals surface area contributed by atoms with E-state index in [0.717, 1.165) is 17.8 Å². The molecule has 92 valence electrons. The average molecular weight is 229 g/mol. The van der Waals surface area contributed by atoms with Crippen LogP contribution in [0.15, 0.2) is 24.3 Å². The van der Waals surface area contributed by atoms with E-state index in [-0.39, 0.29) is 0 Å². The summed E-state index contributed by atoms with van der Waals surface area (Å²) >= 11 is 0. The number of hydrogen-bond acceptors (Lipinski definition) is 1. The van der Waals surface area contributed by atoms with Gasteiger partial charge in [-0.15, -0.1) is 0 Å². The SMILES string of the molecule is CNC(c1ccccc1C1CCC1)C1CC1C. The van der Waals surface area contributed by atoms with E-state index >= 15 is 0 Å². The van der Waals surface area contributed by atoms with E-state index in [4.69, 9.17) is 0 Å². The van der Waals surface area contributed by atoms with E-state index in [1.165, 1.54) is 25.7 Å². The second kappa shape index (κ2) is 4.45. The molecule has 3 unspecified atom stereocenters. The molecular formula is C16H23N. The number of hydrogen-bond donors (Lipinski definition) is 1.